The minimum atomic E-state index is -0.622. The van der Waals surface area contributed by atoms with Gasteiger partial charge in [-0.05, 0) is 36.4 Å². The summed E-state index contributed by atoms with van der Waals surface area (Å²) in [6.45, 7) is 0. The van der Waals surface area contributed by atoms with Crippen molar-refractivity contribution in [3.63, 3.8) is 0 Å². The summed E-state index contributed by atoms with van der Waals surface area (Å²) in [5, 5.41) is 0.107. The van der Waals surface area contributed by atoms with Crippen molar-refractivity contribution in [2.24, 2.45) is 0 Å². The van der Waals surface area contributed by atoms with E-state index in [0.717, 1.165) is 0 Å². The number of ketones is 1. The van der Waals surface area contributed by atoms with Gasteiger partial charge < -0.3 is 4.74 Å². The Morgan fingerprint density at radius 3 is 2.39 bits per heavy atom. The van der Waals surface area contributed by atoms with Gasteiger partial charge in [-0.1, -0.05) is 17.7 Å². The predicted molar refractivity (Wildman–Crippen MR) is 67.8 cm³/mol. The number of halogens is 2. The fourth-order valence-electron chi connectivity index (χ4n) is 1.60. The van der Waals surface area contributed by atoms with Crippen LogP contribution >= 0.6 is 11.6 Å². The van der Waals surface area contributed by atoms with Crippen LogP contribution in [0.1, 0.15) is 15.9 Å². The summed E-state index contributed by atoms with van der Waals surface area (Å²) in [6, 6.07) is 10.6. The van der Waals surface area contributed by atoms with Crippen LogP contribution in [-0.2, 0) is 0 Å². The number of rotatable bonds is 3. The first-order chi connectivity index (χ1) is 8.63. The average Bonchev–Trinajstić information content (AvgIpc) is 2.38. The molecule has 0 spiro atoms. The highest BCUT2D eigenvalue weighted by molar-refractivity contribution is 6.35. The zero-order valence-corrected chi connectivity index (χ0v) is 10.4. The minimum absolute atomic E-state index is 0.107. The Balaban J connectivity index is 2.41. The summed E-state index contributed by atoms with van der Waals surface area (Å²) in [4.78, 5) is 12.1. The number of benzene rings is 2. The summed E-state index contributed by atoms with van der Waals surface area (Å²) < 4.78 is 18.6. The van der Waals surface area contributed by atoms with Gasteiger partial charge in [-0.3, -0.25) is 4.79 Å². The molecule has 18 heavy (non-hydrogen) atoms. The Hall–Kier alpha value is -1.87. The maximum Gasteiger partial charge on any atom is 0.197 e. The first-order valence-corrected chi connectivity index (χ1v) is 5.64. The number of methoxy groups -OCH3 is 1. The van der Waals surface area contributed by atoms with Crippen molar-refractivity contribution in [1.82, 2.24) is 0 Å². The first-order valence-electron chi connectivity index (χ1n) is 5.26. The molecule has 4 heteroatoms. The Morgan fingerprint density at radius 1 is 1.17 bits per heavy atom. The van der Waals surface area contributed by atoms with E-state index in [9.17, 15) is 9.18 Å². The maximum atomic E-state index is 13.6. The Morgan fingerprint density at radius 2 is 1.83 bits per heavy atom. The van der Waals surface area contributed by atoms with Gasteiger partial charge in [0.15, 0.2) is 5.78 Å². The standard InChI is InChI=1S/C14H10ClFO2/c1-18-10-7-5-9(6-8-10)14(17)13-11(15)3-2-4-12(13)16/h2-8H,1H3. The van der Waals surface area contributed by atoms with Gasteiger partial charge in [0.05, 0.1) is 17.7 Å². The second-order valence-corrected chi connectivity index (χ2v) is 4.06. The van der Waals surface area contributed by atoms with E-state index in [1.165, 1.54) is 25.3 Å². The topological polar surface area (TPSA) is 26.3 Å². The van der Waals surface area contributed by atoms with Crippen LogP contribution in [0.25, 0.3) is 0 Å². The zero-order valence-electron chi connectivity index (χ0n) is 9.61. The molecule has 0 radical (unpaired) electrons. The van der Waals surface area contributed by atoms with E-state index >= 15 is 0 Å². The molecule has 2 aromatic rings. The van der Waals surface area contributed by atoms with Crippen LogP contribution in [0.15, 0.2) is 42.5 Å². The van der Waals surface area contributed by atoms with E-state index in [-0.39, 0.29) is 10.6 Å². The molecule has 0 heterocycles. The van der Waals surface area contributed by atoms with Crippen LogP contribution in [-0.4, -0.2) is 12.9 Å². The Labute approximate surface area is 109 Å². The molecule has 0 saturated carbocycles. The molecule has 0 aliphatic rings. The van der Waals surface area contributed by atoms with Crippen molar-refractivity contribution in [1.29, 1.82) is 0 Å². The summed E-state index contributed by atoms with van der Waals surface area (Å²) in [5.74, 6) is -0.435. The van der Waals surface area contributed by atoms with Crippen molar-refractivity contribution in [2.75, 3.05) is 7.11 Å². The molecule has 0 unspecified atom stereocenters. The molecule has 0 aliphatic heterocycles. The molecular formula is C14H10ClFO2. The van der Waals surface area contributed by atoms with Gasteiger partial charge in [-0.25, -0.2) is 4.39 Å². The molecule has 0 bridgehead atoms. The average molecular weight is 265 g/mol. The molecule has 2 aromatic carbocycles. The van der Waals surface area contributed by atoms with E-state index < -0.39 is 11.6 Å². The van der Waals surface area contributed by atoms with Crippen molar-refractivity contribution in [3.05, 3.63) is 64.4 Å². The number of carbonyl (C=O) groups is 1. The van der Waals surface area contributed by atoms with E-state index in [1.807, 2.05) is 0 Å². The van der Waals surface area contributed by atoms with Crippen molar-refractivity contribution in [3.8, 4) is 5.75 Å². The van der Waals surface area contributed by atoms with Crippen LogP contribution in [0, 0.1) is 5.82 Å². The van der Waals surface area contributed by atoms with E-state index in [2.05, 4.69) is 0 Å². The zero-order chi connectivity index (χ0) is 13.1. The lowest BCUT2D eigenvalue weighted by molar-refractivity contribution is 0.103. The Bertz CT molecular complexity index is 559. The van der Waals surface area contributed by atoms with Gasteiger partial charge in [-0.2, -0.15) is 0 Å². The SMILES string of the molecule is COc1ccc(C(=O)c2c(F)cccc2Cl)cc1. The molecule has 0 fully saturated rings. The van der Waals surface area contributed by atoms with Gasteiger partial charge >= 0.3 is 0 Å². The van der Waals surface area contributed by atoms with Crippen LogP contribution in [0.5, 0.6) is 5.75 Å². The molecule has 0 N–H and O–H groups in total. The number of carbonyl (C=O) groups excluding carboxylic acids is 1. The maximum absolute atomic E-state index is 13.6. The highest BCUT2D eigenvalue weighted by Crippen LogP contribution is 2.23. The summed E-state index contributed by atoms with van der Waals surface area (Å²) >= 11 is 5.85. The fraction of sp³-hybridized carbons (Fsp3) is 0.0714. The highest BCUT2D eigenvalue weighted by Gasteiger charge is 2.17. The second-order valence-electron chi connectivity index (χ2n) is 3.65. The number of hydrogen-bond acceptors (Lipinski definition) is 2. The van der Waals surface area contributed by atoms with E-state index in [1.54, 1.807) is 24.3 Å². The van der Waals surface area contributed by atoms with E-state index in [0.29, 0.717) is 11.3 Å². The van der Waals surface area contributed by atoms with Gasteiger partial charge in [0, 0.05) is 5.56 Å². The van der Waals surface area contributed by atoms with Crippen molar-refractivity contribution >= 4 is 17.4 Å². The lowest BCUT2D eigenvalue weighted by Gasteiger charge is -2.06. The van der Waals surface area contributed by atoms with Gasteiger partial charge in [-0.15, -0.1) is 0 Å². The summed E-state index contributed by atoms with van der Waals surface area (Å²) in [7, 11) is 1.53. The lowest BCUT2D eigenvalue weighted by atomic mass is 10.0. The van der Waals surface area contributed by atoms with Crippen LogP contribution in [0.2, 0.25) is 5.02 Å². The molecule has 0 aromatic heterocycles. The number of ether oxygens (including phenoxy) is 1. The molecule has 92 valence electrons. The molecule has 0 atom stereocenters. The second kappa shape index (κ2) is 5.19. The predicted octanol–water partition coefficient (Wildman–Crippen LogP) is 3.72. The van der Waals surface area contributed by atoms with E-state index in [4.69, 9.17) is 16.3 Å². The summed E-state index contributed by atoms with van der Waals surface area (Å²) in [5.41, 5.74) is 0.257. The van der Waals surface area contributed by atoms with Gasteiger partial charge in [0.2, 0.25) is 0 Å². The molecule has 2 rings (SSSR count). The largest absolute Gasteiger partial charge is 0.497 e. The number of hydrogen-bond donors (Lipinski definition) is 0. The van der Waals surface area contributed by atoms with Crippen LogP contribution in [0.3, 0.4) is 0 Å². The lowest BCUT2D eigenvalue weighted by Crippen LogP contribution is -2.05. The molecular weight excluding hydrogens is 255 g/mol. The monoisotopic (exact) mass is 264 g/mol. The Kier molecular flexibility index (Phi) is 3.63. The van der Waals surface area contributed by atoms with Gasteiger partial charge in [0.1, 0.15) is 11.6 Å². The fourth-order valence-corrected chi connectivity index (χ4v) is 1.85. The normalized spacial score (nSPS) is 10.2. The summed E-state index contributed by atoms with van der Waals surface area (Å²) in [6.07, 6.45) is 0. The highest BCUT2D eigenvalue weighted by atomic mass is 35.5. The third-order valence-electron chi connectivity index (χ3n) is 2.54. The quantitative estimate of drug-likeness (QED) is 0.790. The smallest absolute Gasteiger partial charge is 0.197 e. The molecule has 0 saturated heterocycles. The third-order valence-corrected chi connectivity index (χ3v) is 2.86. The van der Waals surface area contributed by atoms with Gasteiger partial charge in [0.25, 0.3) is 0 Å². The minimum Gasteiger partial charge on any atom is -0.497 e. The van der Waals surface area contributed by atoms with Crippen LogP contribution in [0.4, 0.5) is 4.39 Å². The third kappa shape index (κ3) is 2.36. The van der Waals surface area contributed by atoms with Crippen LogP contribution < -0.4 is 4.74 Å². The van der Waals surface area contributed by atoms with Crippen molar-refractivity contribution < 1.29 is 13.9 Å². The first kappa shape index (κ1) is 12.6. The van der Waals surface area contributed by atoms with Crippen molar-refractivity contribution in [2.45, 2.75) is 0 Å². The molecule has 2 nitrogen and oxygen atoms in total. The molecule has 0 aliphatic carbocycles. The molecule has 0 amide bonds.